The molecule has 0 amide bonds. The van der Waals surface area contributed by atoms with Gasteiger partial charge in [0.25, 0.3) is 0 Å². The molecule has 0 unspecified atom stereocenters. The van der Waals surface area contributed by atoms with Gasteiger partial charge in [0.1, 0.15) is 0 Å². The van der Waals surface area contributed by atoms with E-state index in [0.717, 1.165) is 44.0 Å². The van der Waals surface area contributed by atoms with Gasteiger partial charge in [0, 0.05) is 31.8 Å². The summed E-state index contributed by atoms with van der Waals surface area (Å²) in [5, 5.41) is 0. The van der Waals surface area contributed by atoms with Crippen LogP contribution in [-0.2, 0) is 13.3 Å². The van der Waals surface area contributed by atoms with Crippen molar-refractivity contribution < 1.29 is 13.3 Å². The third-order valence-electron chi connectivity index (χ3n) is 3.48. The van der Waals surface area contributed by atoms with Gasteiger partial charge in [0.2, 0.25) is 0 Å². The highest BCUT2D eigenvalue weighted by atomic mass is 32.2. The van der Waals surface area contributed by atoms with Gasteiger partial charge < -0.3 is 13.3 Å². The Morgan fingerprint density at radius 2 is 1.60 bits per heavy atom. The summed E-state index contributed by atoms with van der Waals surface area (Å²) >= 11 is 1.89. The fourth-order valence-electron chi connectivity index (χ4n) is 2.24. The number of hydrogen-bond donors (Lipinski definition) is 0. The fraction of sp³-hybridized carbons (Fsp3) is 1.00. The minimum atomic E-state index is -2.49. The lowest BCUT2D eigenvalue weighted by Crippen LogP contribution is -2.56. The zero-order chi connectivity index (χ0) is 14.7. The second-order valence-corrected chi connectivity index (χ2v) is 9.07. The molecule has 0 aromatic carbocycles. The van der Waals surface area contributed by atoms with E-state index in [0.29, 0.717) is 0 Å². The van der Waals surface area contributed by atoms with E-state index in [4.69, 9.17) is 13.3 Å². The zero-order valence-electron chi connectivity index (χ0n) is 13.4. The second-order valence-electron chi connectivity index (χ2n) is 5.18. The van der Waals surface area contributed by atoms with Crippen LogP contribution in [0.2, 0.25) is 0 Å². The van der Waals surface area contributed by atoms with E-state index >= 15 is 0 Å². The van der Waals surface area contributed by atoms with Crippen LogP contribution < -0.4 is 0 Å². The van der Waals surface area contributed by atoms with Crippen molar-refractivity contribution in [1.82, 2.24) is 4.90 Å². The first-order valence-electron chi connectivity index (χ1n) is 7.89. The van der Waals surface area contributed by atoms with Crippen molar-refractivity contribution in [3.8, 4) is 0 Å². The highest BCUT2D eigenvalue weighted by molar-refractivity contribution is 7.99. The van der Waals surface area contributed by atoms with Gasteiger partial charge in [-0.3, -0.25) is 4.90 Å². The standard InChI is InChI=1S/C14H31NO3SSi/c1-4-6-8-15(9-7-5-2)14-20(16-3)17-10-12-19-13-11-18-20/h4-14H2,1-3H3. The molecule has 0 aliphatic carbocycles. The van der Waals surface area contributed by atoms with E-state index in [2.05, 4.69) is 18.7 Å². The molecule has 0 bridgehead atoms. The zero-order valence-corrected chi connectivity index (χ0v) is 15.2. The van der Waals surface area contributed by atoms with Gasteiger partial charge in [-0.15, -0.1) is 0 Å². The summed E-state index contributed by atoms with van der Waals surface area (Å²) in [7, 11) is -0.741. The average molecular weight is 322 g/mol. The Labute approximate surface area is 129 Å². The normalized spacial score (nSPS) is 19.8. The van der Waals surface area contributed by atoms with Crippen molar-refractivity contribution in [2.45, 2.75) is 39.5 Å². The van der Waals surface area contributed by atoms with Crippen LogP contribution in [0.3, 0.4) is 0 Å². The Balaban J connectivity index is 2.57. The lowest BCUT2D eigenvalue weighted by atomic mass is 10.3. The third-order valence-corrected chi connectivity index (χ3v) is 7.14. The van der Waals surface area contributed by atoms with Crippen molar-refractivity contribution in [2.75, 3.05) is 51.1 Å². The van der Waals surface area contributed by atoms with Crippen LogP contribution in [0, 0.1) is 0 Å². The molecule has 6 heteroatoms. The average Bonchev–Trinajstić information content (AvgIpc) is 2.44. The minimum absolute atomic E-state index is 0.750. The van der Waals surface area contributed by atoms with Crippen LogP contribution in [0.1, 0.15) is 39.5 Å². The molecule has 1 fully saturated rings. The predicted molar refractivity (Wildman–Crippen MR) is 88.2 cm³/mol. The first-order valence-corrected chi connectivity index (χ1v) is 11.0. The van der Waals surface area contributed by atoms with E-state index in [-0.39, 0.29) is 0 Å². The molecule has 1 saturated heterocycles. The Morgan fingerprint density at radius 1 is 1.05 bits per heavy atom. The maximum Gasteiger partial charge on any atom is 0.515 e. The van der Waals surface area contributed by atoms with Gasteiger partial charge in [-0.25, -0.2) is 0 Å². The Kier molecular flexibility index (Phi) is 10.2. The number of hydrogen-bond acceptors (Lipinski definition) is 5. The molecule has 0 aromatic rings. The van der Waals surface area contributed by atoms with Crippen LogP contribution in [0.25, 0.3) is 0 Å². The molecule has 0 radical (unpaired) electrons. The number of rotatable bonds is 9. The van der Waals surface area contributed by atoms with Crippen LogP contribution >= 0.6 is 11.8 Å². The summed E-state index contributed by atoms with van der Waals surface area (Å²) in [5.74, 6) is 2.09. The maximum atomic E-state index is 6.04. The van der Waals surface area contributed by atoms with Gasteiger partial charge in [0.15, 0.2) is 0 Å². The third kappa shape index (κ3) is 6.91. The Hall–Kier alpha value is 0.407. The molecule has 1 aliphatic rings. The van der Waals surface area contributed by atoms with Crippen molar-refractivity contribution in [3.63, 3.8) is 0 Å². The van der Waals surface area contributed by atoms with Crippen molar-refractivity contribution in [2.24, 2.45) is 0 Å². The largest absolute Gasteiger partial charge is 0.515 e. The fourth-order valence-corrected chi connectivity index (χ4v) is 5.46. The van der Waals surface area contributed by atoms with Crippen LogP contribution in [0.5, 0.6) is 0 Å². The molecule has 1 heterocycles. The summed E-state index contributed by atoms with van der Waals surface area (Å²) in [6, 6.07) is 0. The van der Waals surface area contributed by atoms with E-state index < -0.39 is 8.80 Å². The molecule has 120 valence electrons. The van der Waals surface area contributed by atoms with E-state index in [1.807, 2.05) is 11.8 Å². The van der Waals surface area contributed by atoms with Crippen LogP contribution in [0.15, 0.2) is 0 Å². The maximum absolute atomic E-state index is 6.04. The van der Waals surface area contributed by atoms with Crippen LogP contribution in [-0.4, -0.2) is 64.8 Å². The van der Waals surface area contributed by atoms with E-state index in [1.54, 1.807) is 7.11 Å². The predicted octanol–water partition coefficient (Wildman–Crippen LogP) is 2.79. The van der Waals surface area contributed by atoms with E-state index in [9.17, 15) is 0 Å². The quantitative estimate of drug-likeness (QED) is 0.610. The summed E-state index contributed by atoms with van der Waals surface area (Å²) in [6.45, 7) is 8.22. The van der Waals surface area contributed by atoms with E-state index in [1.165, 1.54) is 25.7 Å². The first-order chi connectivity index (χ1) is 9.76. The molecule has 0 atom stereocenters. The molecule has 0 aromatic heterocycles. The molecular weight excluding hydrogens is 290 g/mol. The number of thioether (sulfide) groups is 1. The van der Waals surface area contributed by atoms with Gasteiger partial charge in [-0.2, -0.15) is 11.8 Å². The molecular formula is C14H31NO3SSi. The van der Waals surface area contributed by atoms with Crippen molar-refractivity contribution in [3.05, 3.63) is 0 Å². The molecule has 1 aliphatic heterocycles. The molecule has 0 N–H and O–H groups in total. The monoisotopic (exact) mass is 321 g/mol. The molecule has 4 nitrogen and oxygen atoms in total. The van der Waals surface area contributed by atoms with Gasteiger partial charge in [-0.1, -0.05) is 26.7 Å². The summed E-state index contributed by atoms with van der Waals surface area (Å²) in [5.41, 5.74) is 0. The van der Waals surface area contributed by atoms with Gasteiger partial charge in [-0.05, 0) is 25.9 Å². The molecule has 0 spiro atoms. The Morgan fingerprint density at radius 3 is 2.05 bits per heavy atom. The SMILES string of the molecule is CCCCN(CCCC)C[Si]1(OC)OCCSCCO1. The lowest BCUT2D eigenvalue weighted by molar-refractivity contribution is 0.0697. The van der Waals surface area contributed by atoms with Gasteiger partial charge >= 0.3 is 8.80 Å². The topological polar surface area (TPSA) is 30.9 Å². The Bertz CT molecular complexity index is 230. The molecule has 1 rings (SSSR count). The lowest BCUT2D eigenvalue weighted by Gasteiger charge is -2.34. The van der Waals surface area contributed by atoms with Gasteiger partial charge in [0.05, 0.1) is 6.17 Å². The summed E-state index contributed by atoms with van der Waals surface area (Å²) in [6.07, 6.45) is 5.75. The minimum Gasteiger partial charge on any atom is -0.376 e. The first kappa shape index (κ1) is 18.5. The number of unbranched alkanes of at least 4 members (excludes halogenated alkanes) is 2. The highest BCUT2D eigenvalue weighted by Gasteiger charge is 2.42. The van der Waals surface area contributed by atoms with Crippen LogP contribution in [0.4, 0.5) is 0 Å². The molecule has 0 saturated carbocycles. The molecule has 20 heavy (non-hydrogen) atoms. The highest BCUT2D eigenvalue weighted by Crippen LogP contribution is 2.17. The smallest absolute Gasteiger partial charge is 0.376 e. The second kappa shape index (κ2) is 11.0. The van der Waals surface area contributed by atoms with Crippen molar-refractivity contribution >= 4 is 20.6 Å². The number of nitrogens with zero attached hydrogens (tertiary/aromatic N) is 1. The van der Waals surface area contributed by atoms with Crippen molar-refractivity contribution in [1.29, 1.82) is 0 Å². The summed E-state index contributed by atoms with van der Waals surface area (Å²) in [4.78, 5) is 2.48. The summed E-state index contributed by atoms with van der Waals surface area (Å²) < 4.78 is 17.8.